The molecule has 2 aliphatic rings. The Morgan fingerprint density at radius 2 is 1.88 bits per heavy atom. The van der Waals surface area contributed by atoms with E-state index >= 15 is 0 Å². The van der Waals surface area contributed by atoms with Gasteiger partial charge in [-0.15, -0.1) is 12.4 Å². The highest BCUT2D eigenvalue weighted by Crippen LogP contribution is 2.37. The second-order valence-corrected chi connectivity index (χ2v) is 6.97. The lowest BCUT2D eigenvalue weighted by Crippen LogP contribution is -2.47. The van der Waals surface area contributed by atoms with Crippen molar-refractivity contribution < 1.29 is 9.59 Å². The predicted octanol–water partition coefficient (Wildman–Crippen LogP) is 2.27. The summed E-state index contributed by atoms with van der Waals surface area (Å²) in [5, 5.41) is 2.87. The third-order valence-corrected chi connectivity index (χ3v) is 5.31. The fraction of sp³-hybridized carbons (Fsp3) is 0.579. The quantitative estimate of drug-likeness (QED) is 0.859. The van der Waals surface area contributed by atoms with Crippen molar-refractivity contribution >= 4 is 29.9 Å². The second kappa shape index (κ2) is 8.68. The number of para-hydroxylation sites is 1. The molecular weight excluding hydrogens is 338 g/mol. The van der Waals surface area contributed by atoms with Gasteiger partial charge in [0.1, 0.15) is 0 Å². The third kappa shape index (κ3) is 3.98. The zero-order chi connectivity index (χ0) is 17.1. The van der Waals surface area contributed by atoms with Gasteiger partial charge in [0.2, 0.25) is 11.8 Å². The molecule has 0 spiro atoms. The Morgan fingerprint density at radius 3 is 2.60 bits per heavy atom. The number of rotatable bonds is 4. The van der Waals surface area contributed by atoms with Gasteiger partial charge in [0, 0.05) is 30.7 Å². The van der Waals surface area contributed by atoms with Crippen LogP contribution >= 0.6 is 12.4 Å². The van der Waals surface area contributed by atoms with Gasteiger partial charge in [-0.25, -0.2) is 0 Å². The summed E-state index contributed by atoms with van der Waals surface area (Å²) in [7, 11) is 0. The van der Waals surface area contributed by atoms with Crippen LogP contribution in [0.5, 0.6) is 0 Å². The molecule has 1 aliphatic heterocycles. The van der Waals surface area contributed by atoms with Crippen molar-refractivity contribution in [1.29, 1.82) is 0 Å². The van der Waals surface area contributed by atoms with Crippen LogP contribution in [0.2, 0.25) is 0 Å². The Bertz CT molecular complexity index is 622. The van der Waals surface area contributed by atoms with Gasteiger partial charge >= 0.3 is 0 Å². The molecule has 1 saturated carbocycles. The van der Waals surface area contributed by atoms with Crippen molar-refractivity contribution in [2.45, 2.75) is 45.1 Å². The van der Waals surface area contributed by atoms with Crippen LogP contribution in [0.15, 0.2) is 24.3 Å². The number of nitrogens with zero attached hydrogens (tertiary/aromatic N) is 1. The van der Waals surface area contributed by atoms with E-state index < -0.39 is 0 Å². The summed E-state index contributed by atoms with van der Waals surface area (Å²) in [6.45, 7) is 2.98. The van der Waals surface area contributed by atoms with E-state index in [1.165, 1.54) is 5.56 Å². The normalized spacial score (nSPS) is 25.0. The molecule has 3 rings (SSSR count). The Hall–Kier alpha value is -1.59. The van der Waals surface area contributed by atoms with Crippen LogP contribution in [-0.2, 0) is 16.0 Å². The number of anilines is 1. The molecule has 1 aromatic carbocycles. The monoisotopic (exact) mass is 365 g/mol. The molecule has 0 bridgehead atoms. The van der Waals surface area contributed by atoms with Crippen LogP contribution < -0.4 is 16.0 Å². The molecule has 3 N–H and O–H groups in total. The fourth-order valence-corrected chi connectivity index (χ4v) is 4.15. The smallest absolute Gasteiger partial charge is 0.231 e. The van der Waals surface area contributed by atoms with Crippen LogP contribution in [0.1, 0.15) is 38.2 Å². The van der Waals surface area contributed by atoms with Gasteiger partial charge in [0.25, 0.3) is 0 Å². The standard InChI is InChI=1S/C19H27N3O2.ClH/c1-13-12-14-6-2-5-9-17(14)22(13)19(24)16-8-4-3-7-15(16)18(23)21-11-10-20;/h2,5-6,9,13,15-16H,3-4,7-8,10-12,20H2,1H3,(H,21,23);1H. The summed E-state index contributed by atoms with van der Waals surface area (Å²) in [4.78, 5) is 27.7. The first-order valence-electron chi connectivity index (χ1n) is 9.02. The number of halogens is 1. The van der Waals surface area contributed by atoms with Gasteiger partial charge < -0.3 is 16.0 Å². The van der Waals surface area contributed by atoms with E-state index in [-0.39, 0.29) is 42.1 Å². The number of fused-ring (bicyclic) bond motifs is 1. The molecule has 0 radical (unpaired) electrons. The van der Waals surface area contributed by atoms with E-state index in [4.69, 9.17) is 5.73 Å². The summed E-state index contributed by atoms with van der Waals surface area (Å²) < 4.78 is 0. The minimum atomic E-state index is -0.224. The Balaban J connectivity index is 0.00000225. The first-order valence-corrected chi connectivity index (χ1v) is 9.02. The minimum Gasteiger partial charge on any atom is -0.355 e. The van der Waals surface area contributed by atoms with E-state index in [2.05, 4.69) is 18.3 Å². The van der Waals surface area contributed by atoms with Gasteiger partial charge in [-0.2, -0.15) is 0 Å². The van der Waals surface area contributed by atoms with Gasteiger partial charge in [0.15, 0.2) is 0 Å². The third-order valence-electron chi connectivity index (χ3n) is 5.31. The molecule has 25 heavy (non-hydrogen) atoms. The number of carbonyl (C=O) groups is 2. The van der Waals surface area contributed by atoms with Gasteiger partial charge in [-0.3, -0.25) is 9.59 Å². The van der Waals surface area contributed by atoms with Gasteiger partial charge in [-0.1, -0.05) is 31.0 Å². The zero-order valence-electron chi connectivity index (χ0n) is 14.7. The molecule has 1 fully saturated rings. The average molecular weight is 366 g/mol. The maximum Gasteiger partial charge on any atom is 0.231 e. The number of nitrogens with two attached hydrogens (primary N) is 1. The van der Waals surface area contributed by atoms with Crippen molar-refractivity contribution in [3.63, 3.8) is 0 Å². The maximum atomic E-state index is 13.3. The number of nitrogens with one attached hydrogen (secondary N) is 1. The molecule has 0 saturated heterocycles. The lowest BCUT2D eigenvalue weighted by atomic mass is 9.77. The molecule has 3 unspecified atom stereocenters. The van der Waals surface area contributed by atoms with Crippen molar-refractivity contribution in [3.8, 4) is 0 Å². The number of carbonyl (C=O) groups excluding carboxylic acids is 2. The maximum absolute atomic E-state index is 13.3. The predicted molar refractivity (Wildman–Crippen MR) is 102 cm³/mol. The SMILES string of the molecule is CC1Cc2ccccc2N1C(=O)C1CCCCC1C(=O)NCCN.Cl. The first-order chi connectivity index (χ1) is 11.6. The summed E-state index contributed by atoms with van der Waals surface area (Å²) in [6.07, 6.45) is 4.50. The zero-order valence-corrected chi connectivity index (χ0v) is 15.6. The highest BCUT2D eigenvalue weighted by atomic mass is 35.5. The second-order valence-electron chi connectivity index (χ2n) is 6.97. The molecule has 1 aromatic rings. The molecule has 138 valence electrons. The van der Waals surface area contributed by atoms with Crippen LogP contribution in [-0.4, -0.2) is 30.9 Å². The lowest BCUT2D eigenvalue weighted by molar-refractivity contribution is -0.135. The number of amides is 2. The molecule has 0 aromatic heterocycles. The molecule has 5 nitrogen and oxygen atoms in total. The molecular formula is C19H28ClN3O2. The largest absolute Gasteiger partial charge is 0.355 e. The lowest BCUT2D eigenvalue weighted by Gasteiger charge is -2.34. The first kappa shape index (κ1) is 19.7. The number of hydrogen-bond acceptors (Lipinski definition) is 3. The van der Waals surface area contributed by atoms with Crippen LogP contribution in [0, 0.1) is 11.8 Å². The Morgan fingerprint density at radius 1 is 1.20 bits per heavy atom. The highest BCUT2D eigenvalue weighted by molar-refractivity contribution is 6.00. The van der Waals surface area contributed by atoms with Crippen molar-refractivity contribution in [1.82, 2.24) is 5.32 Å². The van der Waals surface area contributed by atoms with Crippen LogP contribution in [0.3, 0.4) is 0 Å². The molecule has 6 heteroatoms. The average Bonchev–Trinajstić information content (AvgIpc) is 2.94. The van der Waals surface area contributed by atoms with E-state index in [9.17, 15) is 9.59 Å². The molecule has 1 heterocycles. The summed E-state index contributed by atoms with van der Waals surface area (Å²) in [5.41, 5.74) is 7.72. The topological polar surface area (TPSA) is 75.4 Å². The molecule has 2 amide bonds. The Labute approximate surface area is 155 Å². The summed E-state index contributed by atoms with van der Waals surface area (Å²) in [5.74, 6) is -0.346. The fourth-order valence-electron chi connectivity index (χ4n) is 4.15. The van der Waals surface area contributed by atoms with Crippen LogP contribution in [0.25, 0.3) is 0 Å². The van der Waals surface area contributed by atoms with E-state index in [0.29, 0.717) is 13.1 Å². The summed E-state index contributed by atoms with van der Waals surface area (Å²) >= 11 is 0. The highest BCUT2D eigenvalue weighted by Gasteiger charge is 2.41. The minimum absolute atomic E-state index is 0. The van der Waals surface area contributed by atoms with E-state index in [1.807, 2.05) is 23.1 Å². The van der Waals surface area contributed by atoms with Gasteiger partial charge in [0.05, 0.1) is 5.92 Å². The number of benzene rings is 1. The summed E-state index contributed by atoms with van der Waals surface area (Å²) in [6, 6.07) is 8.26. The molecule has 1 aliphatic carbocycles. The Kier molecular flexibility index (Phi) is 6.85. The van der Waals surface area contributed by atoms with Crippen molar-refractivity contribution in [3.05, 3.63) is 29.8 Å². The van der Waals surface area contributed by atoms with E-state index in [1.54, 1.807) is 0 Å². The number of hydrogen-bond donors (Lipinski definition) is 2. The molecule has 3 atom stereocenters. The van der Waals surface area contributed by atoms with Gasteiger partial charge in [-0.05, 0) is 37.8 Å². The van der Waals surface area contributed by atoms with Crippen molar-refractivity contribution in [2.75, 3.05) is 18.0 Å². The van der Waals surface area contributed by atoms with E-state index in [0.717, 1.165) is 37.8 Å². The van der Waals surface area contributed by atoms with Crippen LogP contribution in [0.4, 0.5) is 5.69 Å². The van der Waals surface area contributed by atoms with Crippen molar-refractivity contribution in [2.24, 2.45) is 17.6 Å².